The Labute approximate surface area is 185 Å². The lowest BCUT2D eigenvalue weighted by molar-refractivity contribution is 0.128. The first-order valence-corrected chi connectivity index (χ1v) is 9.62. The Morgan fingerprint density at radius 2 is 2.04 bits per heavy atom. The van der Waals surface area contributed by atoms with Crippen LogP contribution in [0.1, 0.15) is 24.0 Å². The van der Waals surface area contributed by atoms with Gasteiger partial charge in [-0.2, -0.15) is 0 Å². The highest BCUT2D eigenvalue weighted by Crippen LogP contribution is 2.13. The summed E-state index contributed by atoms with van der Waals surface area (Å²) in [5.41, 5.74) is 1.76. The Morgan fingerprint density at radius 1 is 1.32 bits per heavy atom. The van der Waals surface area contributed by atoms with Crippen molar-refractivity contribution in [1.82, 2.24) is 20.4 Å². The van der Waals surface area contributed by atoms with E-state index in [1.165, 1.54) is 0 Å². The van der Waals surface area contributed by atoms with Gasteiger partial charge in [-0.1, -0.05) is 6.07 Å². The van der Waals surface area contributed by atoms with Crippen LogP contribution in [0.4, 0.5) is 4.39 Å². The number of nitrogens with one attached hydrogen (secondary N) is 2. The van der Waals surface area contributed by atoms with E-state index in [0.29, 0.717) is 24.7 Å². The molecule has 0 bridgehead atoms. The molecule has 2 rings (SSSR count). The van der Waals surface area contributed by atoms with Crippen molar-refractivity contribution < 1.29 is 9.13 Å². The molecule has 0 aliphatic carbocycles. The minimum Gasteiger partial charge on any atom is -0.383 e. The molecule has 1 fully saturated rings. The lowest BCUT2D eigenvalue weighted by atomic mass is 10.1. The zero-order chi connectivity index (χ0) is 19.6. The van der Waals surface area contributed by atoms with Gasteiger partial charge in [-0.25, -0.2) is 4.39 Å². The van der Waals surface area contributed by atoms with E-state index in [2.05, 4.69) is 20.5 Å². The molecule has 1 saturated heterocycles. The molecule has 8 heteroatoms. The highest BCUT2D eigenvalue weighted by molar-refractivity contribution is 14.0. The molecule has 160 valence electrons. The summed E-state index contributed by atoms with van der Waals surface area (Å²) in [5.74, 6) is 0.638. The van der Waals surface area contributed by atoms with Crippen LogP contribution in [0.5, 0.6) is 0 Å². The van der Waals surface area contributed by atoms with E-state index in [1.807, 2.05) is 31.1 Å². The average molecular weight is 507 g/mol. The van der Waals surface area contributed by atoms with E-state index in [1.54, 1.807) is 20.2 Å². The number of likely N-dealkylation sites (tertiary alicyclic amines) is 1. The van der Waals surface area contributed by atoms with Crippen molar-refractivity contribution in [2.75, 3.05) is 54.5 Å². The SMILES string of the molecule is CN=C(NCc1ccc(F)c(CN(C)C)c1)NC1CCN(CCOC)CC1.I. The van der Waals surface area contributed by atoms with Crippen molar-refractivity contribution in [1.29, 1.82) is 0 Å². The minimum atomic E-state index is -0.157. The molecule has 0 unspecified atom stereocenters. The molecule has 0 saturated carbocycles. The topological polar surface area (TPSA) is 52.1 Å². The number of nitrogens with zero attached hydrogens (tertiary/aromatic N) is 3. The van der Waals surface area contributed by atoms with Gasteiger partial charge in [0, 0.05) is 58.5 Å². The van der Waals surface area contributed by atoms with Crippen LogP contribution in [-0.4, -0.2) is 76.3 Å². The number of guanidine groups is 1. The number of halogens is 2. The molecule has 1 aromatic carbocycles. The second-order valence-electron chi connectivity index (χ2n) is 7.34. The van der Waals surface area contributed by atoms with Crippen molar-refractivity contribution in [2.45, 2.75) is 32.0 Å². The molecule has 1 aliphatic rings. The Balaban J connectivity index is 0.00000392. The molecule has 1 aliphatic heterocycles. The Kier molecular flexibility index (Phi) is 11.9. The minimum absolute atomic E-state index is 0. The van der Waals surface area contributed by atoms with Gasteiger partial charge in [0.05, 0.1) is 6.61 Å². The molecule has 0 amide bonds. The molecule has 0 radical (unpaired) electrons. The summed E-state index contributed by atoms with van der Waals surface area (Å²) in [6, 6.07) is 5.71. The third kappa shape index (κ3) is 8.59. The number of piperidine rings is 1. The normalized spacial score (nSPS) is 16.1. The highest BCUT2D eigenvalue weighted by Gasteiger charge is 2.19. The number of ether oxygens (including phenoxy) is 1. The first-order chi connectivity index (χ1) is 13.0. The van der Waals surface area contributed by atoms with Crippen molar-refractivity contribution in [2.24, 2.45) is 4.99 Å². The zero-order valence-electron chi connectivity index (χ0n) is 17.5. The molecule has 0 atom stereocenters. The third-order valence-electron chi connectivity index (χ3n) is 4.82. The van der Waals surface area contributed by atoms with Crippen LogP contribution in [0.3, 0.4) is 0 Å². The Hall–Kier alpha value is -0.970. The summed E-state index contributed by atoms with van der Waals surface area (Å²) in [5, 5.41) is 6.86. The van der Waals surface area contributed by atoms with E-state index in [9.17, 15) is 4.39 Å². The summed E-state index contributed by atoms with van der Waals surface area (Å²) < 4.78 is 19.1. The van der Waals surface area contributed by atoms with Gasteiger partial charge >= 0.3 is 0 Å². The highest BCUT2D eigenvalue weighted by atomic mass is 127. The van der Waals surface area contributed by atoms with E-state index in [4.69, 9.17) is 4.74 Å². The van der Waals surface area contributed by atoms with Gasteiger partial charge in [0.25, 0.3) is 0 Å². The van der Waals surface area contributed by atoms with E-state index in [-0.39, 0.29) is 29.8 Å². The Bertz CT molecular complexity index is 606. The van der Waals surface area contributed by atoms with Crippen LogP contribution in [0, 0.1) is 5.82 Å². The number of rotatable bonds is 8. The maximum atomic E-state index is 13.9. The smallest absolute Gasteiger partial charge is 0.191 e. The van der Waals surface area contributed by atoms with Crippen molar-refractivity contribution >= 4 is 29.9 Å². The number of aliphatic imine (C=N–C) groups is 1. The summed E-state index contributed by atoms with van der Waals surface area (Å²) in [7, 11) is 7.41. The lowest BCUT2D eigenvalue weighted by Gasteiger charge is -2.32. The number of benzene rings is 1. The van der Waals surface area contributed by atoms with Gasteiger partial charge in [-0.05, 0) is 44.6 Å². The van der Waals surface area contributed by atoms with E-state index >= 15 is 0 Å². The maximum absolute atomic E-state index is 13.9. The van der Waals surface area contributed by atoms with Gasteiger partial charge in [0.1, 0.15) is 5.82 Å². The first kappa shape index (κ1) is 25.1. The Morgan fingerprint density at radius 3 is 2.64 bits per heavy atom. The molecular formula is C20H35FIN5O. The van der Waals surface area contributed by atoms with Gasteiger partial charge in [0.2, 0.25) is 0 Å². The van der Waals surface area contributed by atoms with Gasteiger partial charge in [-0.3, -0.25) is 4.99 Å². The number of hydrogen-bond acceptors (Lipinski definition) is 4. The van der Waals surface area contributed by atoms with Crippen LogP contribution in [0.25, 0.3) is 0 Å². The zero-order valence-corrected chi connectivity index (χ0v) is 19.8. The predicted octanol–water partition coefficient (Wildman–Crippen LogP) is 2.28. The summed E-state index contributed by atoms with van der Waals surface area (Å²) in [6.07, 6.45) is 2.18. The average Bonchev–Trinajstić information content (AvgIpc) is 2.66. The molecular weight excluding hydrogens is 472 g/mol. The van der Waals surface area contributed by atoms with Crippen molar-refractivity contribution in [3.63, 3.8) is 0 Å². The number of hydrogen-bond donors (Lipinski definition) is 2. The second-order valence-corrected chi connectivity index (χ2v) is 7.34. The van der Waals surface area contributed by atoms with Crippen LogP contribution >= 0.6 is 24.0 Å². The van der Waals surface area contributed by atoms with Crippen LogP contribution in [0.15, 0.2) is 23.2 Å². The monoisotopic (exact) mass is 507 g/mol. The molecule has 1 aromatic rings. The standard InChI is InChI=1S/C20H34FN5O.HI/c1-22-20(24-18-7-9-26(10-8-18)11-12-27-4)23-14-16-5-6-19(21)17(13-16)15-25(2)3;/h5-6,13,18H,7-12,14-15H2,1-4H3,(H2,22,23,24);1H. The fraction of sp³-hybridized carbons (Fsp3) is 0.650. The molecule has 2 N–H and O–H groups in total. The summed E-state index contributed by atoms with van der Waals surface area (Å²) >= 11 is 0. The third-order valence-corrected chi connectivity index (χ3v) is 4.82. The maximum Gasteiger partial charge on any atom is 0.191 e. The van der Waals surface area contributed by atoms with Crippen molar-refractivity contribution in [3.8, 4) is 0 Å². The fourth-order valence-corrected chi connectivity index (χ4v) is 3.29. The van der Waals surface area contributed by atoms with Crippen LogP contribution in [0.2, 0.25) is 0 Å². The van der Waals surface area contributed by atoms with Gasteiger partial charge in [0.15, 0.2) is 5.96 Å². The van der Waals surface area contributed by atoms with Gasteiger partial charge in [-0.15, -0.1) is 24.0 Å². The number of methoxy groups -OCH3 is 1. The first-order valence-electron chi connectivity index (χ1n) is 9.62. The molecule has 28 heavy (non-hydrogen) atoms. The van der Waals surface area contributed by atoms with Crippen LogP contribution < -0.4 is 10.6 Å². The largest absolute Gasteiger partial charge is 0.383 e. The summed E-state index contributed by atoms with van der Waals surface area (Å²) in [4.78, 5) is 8.73. The molecule has 1 heterocycles. The summed E-state index contributed by atoms with van der Waals surface area (Å²) in [6.45, 7) is 5.14. The lowest BCUT2D eigenvalue weighted by Crippen LogP contribution is -2.48. The van der Waals surface area contributed by atoms with Gasteiger partial charge < -0.3 is 25.2 Å². The quantitative estimate of drug-likeness (QED) is 0.322. The van der Waals surface area contributed by atoms with E-state index < -0.39 is 0 Å². The van der Waals surface area contributed by atoms with Crippen LogP contribution in [-0.2, 0) is 17.8 Å². The predicted molar refractivity (Wildman–Crippen MR) is 124 cm³/mol. The van der Waals surface area contributed by atoms with E-state index in [0.717, 1.165) is 50.6 Å². The fourth-order valence-electron chi connectivity index (χ4n) is 3.29. The molecule has 0 aromatic heterocycles. The molecule has 6 nitrogen and oxygen atoms in total. The van der Waals surface area contributed by atoms with Crippen molar-refractivity contribution in [3.05, 3.63) is 35.1 Å². The second kappa shape index (κ2) is 13.3. The molecule has 0 spiro atoms.